The molecule has 0 saturated carbocycles. The molecule has 1 aliphatic heterocycles. The van der Waals surface area contributed by atoms with Gasteiger partial charge in [-0.15, -0.1) is 0 Å². The van der Waals surface area contributed by atoms with Crippen LogP contribution in [0.3, 0.4) is 0 Å². The zero-order valence-electron chi connectivity index (χ0n) is 34.6. The number of carbonyl (C=O) groups is 1. The Morgan fingerprint density at radius 2 is 1.51 bits per heavy atom. The van der Waals surface area contributed by atoms with Gasteiger partial charge in [0.15, 0.2) is 6.61 Å². The van der Waals surface area contributed by atoms with Crippen LogP contribution in [-0.2, 0) is 21.6 Å². The van der Waals surface area contributed by atoms with Gasteiger partial charge in [-0.25, -0.2) is 0 Å². The van der Waals surface area contributed by atoms with E-state index in [-0.39, 0.29) is 10.8 Å². The average molecular weight is 682 g/mol. The van der Waals surface area contributed by atoms with E-state index >= 15 is 0 Å². The molecule has 1 saturated heterocycles. The van der Waals surface area contributed by atoms with Crippen molar-refractivity contribution in [3.63, 3.8) is 0 Å². The number of rotatable bonds is 10. The number of aryl methyl sites for hydroxylation is 2. The highest BCUT2D eigenvalue weighted by atomic mass is 16.6. The Morgan fingerprint density at radius 3 is 2.02 bits per heavy atom. The number of nitrogens with zero attached hydrogens (tertiary/aromatic N) is 3. The van der Waals surface area contributed by atoms with E-state index in [0.717, 1.165) is 41.3 Å². The lowest BCUT2D eigenvalue weighted by atomic mass is 9.85. The Bertz CT molecular complexity index is 1220. The molecule has 0 unspecified atom stereocenters. The number of benzene rings is 2. The molecule has 1 fully saturated rings. The molecule has 0 atom stereocenters. The summed E-state index contributed by atoms with van der Waals surface area (Å²) in [4.78, 5) is 20.9. The summed E-state index contributed by atoms with van der Waals surface area (Å²) in [6.45, 7) is 42.6. The molecule has 0 aromatic heterocycles. The van der Waals surface area contributed by atoms with Gasteiger partial charge in [-0.05, 0) is 67.5 Å². The fraction of sp³-hybridized carbons (Fsp3) is 0.619. The molecule has 7 nitrogen and oxygen atoms in total. The van der Waals surface area contributed by atoms with Crippen molar-refractivity contribution in [3.05, 3.63) is 76.5 Å². The molecule has 2 N–H and O–H groups in total. The van der Waals surface area contributed by atoms with Crippen molar-refractivity contribution in [2.45, 2.75) is 122 Å². The fourth-order valence-corrected chi connectivity index (χ4v) is 4.52. The SMILES string of the molecule is C=C(CO/N=C(\C)c1cc(NC=O)ccc1C)NCC(C)(C)C.CC.CC.CCC.Cc1cc(CN2CCN(C)CC2)cc(C(C)(C)C)c1. The third-order valence-electron chi connectivity index (χ3n) is 7.17. The summed E-state index contributed by atoms with van der Waals surface area (Å²) in [7, 11) is 2.21. The largest absolute Gasteiger partial charge is 0.389 e. The maximum Gasteiger partial charge on any atom is 0.211 e. The Balaban J connectivity index is 0. The Morgan fingerprint density at radius 1 is 0.939 bits per heavy atom. The predicted octanol–water partition coefficient (Wildman–Crippen LogP) is 9.96. The number of piperazine rings is 1. The first-order chi connectivity index (χ1) is 23.0. The van der Waals surface area contributed by atoms with E-state index in [1.807, 2.05) is 59.7 Å². The first-order valence-corrected chi connectivity index (χ1v) is 18.4. The molecule has 0 bridgehead atoms. The first-order valence-electron chi connectivity index (χ1n) is 18.4. The quantitative estimate of drug-likeness (QED) is 0.148. The lowest BCUT2D eigenvalue weighted by molar-refractivity contribution is -0.105. The molecule has 1 heterocycles. The van der Waals surface area contributed by atoms with Gasteiger partial charge < -0.3 is 20.4 Å². The van der Waals surface area contributed by atoms with Gasteiger partial charge in [-0.1, -0.05) is 131 Å². The minimum atomic E-state index is 0.186. The van der Waals surface area contributed by atoms with Crippen LogP contribution in [0.2, 0.25) is 0 Å². The Kier molecular flexibility index (Phi) is 25.2. The van der Waals surface area contributed by atoms with Crippen LogP contribution < -0.4 is 10.6 Å². The van der Waals surface area contributed by atoms with Crippen molar-refractivity contribution in [2.24, 2.45) is 10.6 Å². The van der Waals surface area contributed by atoms with Crippen LogP contribution in [0.5, 0.6) is 0 Å². The van der Waals surface area contributed by atoms with Crippen LogP contribution in [0, 0.1) is 19.3 Å². The van der Waals surface area contributed by atoms with Crippen LogP contribution in [0.1, 0.15) is 124 Å². The summed E-state index contributed by atoms with van der Waals surface area (Å²) in [5.41, 5.74) is 9.01. The first kappa shape index (κ1) is 48.0. The van der Waals surface area contributed by atoms with Gasteiger partial charge in [-0.2, -0.15) is 0 Å². The molecule has 49 heavy (non-hydrogen) atoms. The van der Waals surface area contributed by atoms with Gasteiger partial charge in [0.1, 0.15) is 0 Å². The third-order valence-corrected chi connectivity index (χ3v) is 7.17. The van der Waals surface area contributed by atoms with Crippen molar-refractivity contribution in [2.75, 3.05) is 51.7 Å². The van der Waals surface area contributed by atoms with Crippen molar-refractivity contribution in [1.82, 2.24) is 15.1 Å². The molecule has 0 aliphatic carbocycles. The molecule has 3 rings (SSSR count). The van der Waals surface area contributed by atoms with Crippen LogP contribution in [0.15, 0.2) is 53.8 Å². The maximum absolute atomic E-state index is 10.5. The second kappa shape index (κ2) is 25.8. The molecule has 7 heteroatoms. The molecular formula is C42H75N5O2. The smallest absolute Gasteiger partial charge is 0.211 e. The van der Waals surface area contributed by atoms with E-state index in [2.05, 4.69) is 120 Å². The van der Waals surface area contributed by atoms with Crippen LogP contribution in [-0.4, -0.2) is 68.3 Å². The number of hydrogen-bond donors (Lipinski definition) is 2. The van der Waals surface area contributed by atoms with E-state index in [1.165, 1.54) is 49.3 Å². The number of likely N-dealkylation sites (N-methyl/N-ethyl adjacent to an activating group) is 1. The lowest BCUT2D eigenvalue weighted by Gasteiger charge is -2.32. The monoisotopic (exact) mass is 682 g/mol. The average Bonchev–Trinajstić information content (AvgIpc) is 3.04. The van der Waals surface area contributed by atoms with Gasteiger partial charge in [0.05, 0.1) is 5.71 Å². The summed E-state index contributed by atoms with van der Waals surface area (Å²) in [5.74, 6) is 0. The van der Waals surface area contributed by atoms with Crippen LogP contribution in [0.25, 0.3) is 0 Å². The summed E-state index contributed by atoms with van der Waals surface area (Å²) >= 11 is 0. The molecule has 2 aromatic rings. The lowest BCUT2D eigenvalue weighted by Crippen LogP contribution is -2.43. The zero-order valence-corrected chi connectivity index (χ0v) is 34.6. The van der Waals surface area contributed by atoms with Crippen molar-refractivity contribution in [3.8, 4) is 0 Å². The third kappa shape index (κ3) is 22.2. The highest BCUT2D eigenvalue weighted by Gasteiger charge is 2.17. The summed E-state index contributed by atoms with van der Waals surface area (Å²) in [6.07, 6.45) is 1.91. The predicted molar refractivity (Wildman–Crippen MR) is 217 cm³/mol. The number of oxime groups is 1. The van der Waals surface area contributed by atoms with Crippen molar-refractivity contribution < 1.29 is 9.63 Å². The van der Waals surface area contributed by atoms with Crippen molar-refractivity contribution >= 4 is 17.8 Å². The Labute approximate surface area is 303 Å². The summed E-state index contributed by atoms with van der Waals surface area (Å²) in [6, 6.07) is 12.7. The minimum Gasteiger partial charge on any atom is -0.389 e. The molecule has 1 amide bonds. The number of anilines is 1. The summed E-state index contributed by atoms with van der Waals surface area (Å²) in [5, 5.41) is 10.0. The van der Waals surface area contributed by atoms with E-state index in [4.69, 9.17) is 4.84 Å². The Hall–Kier alpha value is -3.16. The zero-order chi connectivity index (χ0) is 38.2. The number of carbonyl (C=O) groups excluding carboxylic acids is 1. The maximum atomic E-state index is 10.5. The molecule has 0 radical (unpaired) electrons. The second-order valence-corrected chi connectivity index (χ2v) is 14.5. The number of nitrogens with one attached hydrogen (secondary N) is 2. The minimum absolute atomic E-state index is 0.186. The second-order valence-electron chi connectivity index (χ2n) is 14.5. The molecule has 2 aromatic carbocycles. The normalized spacial score (nSPS) is 13.4. The summed E-state index contributed by atoms with van der Waals surface area (Å²) < 4.78 is 0. The highest BCUT2D eigenvalue weighted by Crippen LogP contribution is 2.25. The number of hydrogen-bond acceptors (Lipinski definition) is 6. The van der Waals surface area contributed by atoms with Crippen LogP contribution in [0.4, 0.5) is 5.69 Å². The van der Waals surface area contributed by atoms with Crippen molar-refractivity contribution in [1.29, 1.82) is 0 Å². The van der Waals surface area contributed by atoms with E-state index < -0.39 is 0 Å². The molecule has 280 valence electrons. The van der Waals surface area contributed by atoms with Gasteiger partial charge in [0, 0.05) is 56.2 Å². The van der Waals surface area contributed by atoms with Crippen LogP contribution >= 0.6 is 0 Å². The van der Waals surface area contributed by atoms with E-state index in [1.54, 1.807) is 0 Å². The van der Waals surface area contributed by atoms with Gasteiger partial charge in [0.2, 0.25) is 6.41 Å². The van der Waals surface area contributed by atoms with Gasteiger partial charge in [-0.3, -0.25) is 9.69 Å². The standard InChI is InChI=1S/C18H27N3O2.C17H28N2.C3H8.2C2H6/c1-13-7-8-16(20-12-22)9-17(13)15(3)21-23-10-14(2)19-11-18(4,5)6;1-14-10-15(12-16(11-14)17(2,3)4)13-19-8-6-18(5)7-9-19;1-3-2;2*1-2/h7-9,12,19H,2,10-11H2,1,3-6H3,(H,20,22);10-12H,6-9,13H2,1-5H3;3H2,1-2H3;2*1-2H3/b21-15+;;;;. The van der Waals surface area contributed by atoms with Gasteiger partial charge in [0.25, 0.3) is 0 Å². The molecular weight excluding hydrogens is 606 g/mol. The molecule has 1 aliphatic rings. The molecule has 0 spiro atoms. The fourth-order valence-electron chi connectivity index (χ4n) is 4.52. The topological polar surface area (TPSA) is 69.2 Å². The highest BCUT2D eigenvalue weighted by molar-refractivity contribution is 6.00. The number of amides is 1. The van der Waals surface area contributed by atoms with Gasteiger partial charge >= 0.3 is 0 Å². The van der Waals surface area contributed by atoms with E-state index in [9.17, 15) is 4.79 Å². The van der Waals surface area contributed by atoms with E-state index in [0.29, 0.717) is 13.0 Å².